The van der Waals surface area contributed by atoms with Crippen LogP contribution in [-0.2, 0) is 0 Å². The molecule has 0 amide bonds. The Kier molecular flexibility index (Phi) is 3.46. The SMILES string of the molecule is Cc1c(Cl)ccc2c1NCC2CN1CCNCC1. The number of benzene rings is 1. The van der Waals surface area contributed by atoms with E-state index in [0.717, 1.165) is 31.2 Å². The van der Waals surface area contributed by atoms with Gasteiger partial charge in [-0.3, -0.25) is 0 Å². The fourth-order valence-corrected chi connectivity index (χ4v) is 3.14. The van der Waals surface area contributed by atoms with E-state index in [-0.39, 0.29) is 0 Å². The molecule has 98 valence electrons. The number of nitrogens with one attached hydrogen (secondary N) is 2. The molecule has 0 spiro atoms. The Morgan fingerprint density at radius 1 is 1.33 bits per heavy atom. The summed E-state index contributed by atoms with van der Waals surface area (Å²) in [5.41, 5.74) is 3.90. The van der Waals surface area contributed by atoms with Crippen molar-refractivity contribution in [1.29, 1.82) is 0 Å². The predicted molar refractivity (Wildman–Crippen MR) is 76.7 cm³/mol. The highest BCUT2D eigenvalue weighted by Gasteiger charge is 2.26. The molecule has 0 bridgehead atoms. The minimum absolute atomic E-state index is 0.606. The largest absolute Gasteiger partial charge is 0.384 e. The van der Waals surface area contributed by atoms with Crippen LogP contribution in [0.1, 0.15) is 17.0 Å². The Labute approximate surface area is 114 Å². The molecule has 1 atom stereocenters. The highest BCUT2D eigenvalue weighted by molar-refractivity contribution is 6.31. The topological polar surface area (TPSA) is 27.3 Å². The number of hydrogen-bond donors (Lipinski definition) is 2. The van der Waals surface area contributed by atoms with Gasteiger partial charge in [-0.05, 0) is 24.1 Å². The van der Waals surface area contributed by atoms with Crippen molar-refractivity contribution in [2.75, 3.05) is 44.6 Å². The molecular formula is C14H20ClN3. The van der Waals surface area contributed by atoms with Crippen LogP contribution >= 0.6 is 11.6 Å². The van der Waals surface area contributed by atoms with Crippen LogP contribution in [-0.4, -0.2) is 44.2 Å². The summed E-state index contributed by atoms with van der Waals surface area (Å²) in [5.74, 6) is 0.606. The Bertz CT molecular complexity index is 441. The fraction of sp³-hybridized carbons (Fsp3) is 0.571. The van der Waals surface area contributed by atoms with Gasteiger partial charge in [-0.15, -0.1) is 0 Å². The van der Waals surface area contributed by atoms with Gasteiger partial charge in [0.15, 0.2) is 0 Å². The van der Waals surface area contributed by atoms with Gasteiger partial charge in [-0.2, -0.15) is 0 Å². The maximum atomic E-state index is 6.17. The maximum absolute atomic E-state index is 6.17. The van der Waals surface area contributed by atoms with Gasteiger partial charge in [0.05, 0.1) is 0 Å². The standard InChI is InChI=1S/C14H20ClN3/c1-10-13(15)3-2-12-11(8-17-14(10)12)9-18-6-4-16-5-7-18/h2-3,11,16-17H,4-9H2,1H3. The third-order valence-corrected chi connectivity index (χ3v) is 4.49. The van der Waals surface area contributed by atoms with E-state index in [2.05, 4.69) is 28.5 Å². The monoisotopic (exact) mass is 265 g/mol. The second kappa shape index (κ2) is 5.08. The fourth-order valence-electron chi connectivity index (χ4n) is 2.99. The molecule has 2 N–H and O–H groups in total. The summed E-state index contributed by atoms with van der Waals surface area (Å²) in [7, 11) is 0. The maximum Gasteiger partial charge on any atom is 0.0455 e. The number of halogens is 1. The van der Waals surface area contributed by atoms with Crippen LogP contribution in [0.2, 0.25) is 5.02 Å². The summed E-state index contributed by atoms with van der Waals surface area (Å²) < 4.78 is 0. The molecule has 4 heteroatoms. The smallest absolute Gasteiger partial charge is 0.0455 e. The number of rotatable bonds is 2. The molecular weight excluding hydrogens is 246 g/mol. The zero-order chi connectivity index (χ0) is 12.5. The first-order valence-electron chi connectivity index (χ1n) is 6.71. The molecule has 2 heterocycles. The van der Waals surface area contributed by atoms with Gasteiger partial charge < -0.3 is 15.5 Å². The Morgan fingerprint density at radius 2 is 2.11 bits per heavy atom. The summed E-state index contributed by atoms with van der Waals surface area (Å²) in [6.45, 7) is 8.86. The molecule has 3 rings (SSSR count). The lowest BCUT2D eigenvalue weighted by molar-refractivity contribution is 0.230. The van der Waals surface area contributed by atoms with Crippen LogP contribution < -0.4 is 10.6 Å². The number of anilines is 1. The van der Waals surface area contributed by atoms with E-state index in [1.165, 1.54) is 29.9 Å². The Hall–Kier alpha value is -0.770. The Morgan fingerprint density at radius 3 is 2.89 bits per heavy atom. The predicted octanol–water partition coefficient (Wildman–Crippen LogP) is 2.06. The van der Waals surface area contributed by atoms with Gasteiger partial charge in [0.25, 0.3) is 0 Å². The van der Waals surface area contributed by atoms with Crippen molar-refractivity contribution in [2.45, 2.75) is 12.8 Å². The summed E-state index contributed by atoms with van der Waals surface area (Å²) in [6, 6.07) is 4.23. The molecule has 0 aromatic heterocycles. The van der Waals surface area contributed by atoms with E-state index in [0.29, 0.717) is 5.92 Å². The van der Waals surface area contributed by atoms with Crippen molar-refractivity contribution in [2.24, 2.45) is 0 Å². The average molecular weight is 266 g/mol. The van der Waals surface area contributed by atoms with Crippen molar-refractivity contribution in [3.05, 3.63) is 28.3 Å². The first-order valence-corrected chi connectivity index (χ1v) is 7.09. The van der Waals surface area contributed by atoms with Crippen LogP contribution in [0.15, 0.2) is 12.1 Å². The van der Waals surface area contributed by atoms with Crippen LogP contribution in [0.25, 0.3) is 0 Å². The number of piperazine rings is 1. The third kappa shape index (κ3) is 2.22. The van der Waals surface area contributed by atoms with Crippen molar-refractivity contribution in [3.63, 3.8) is 0 Å². The quantitative estimate of drug-likeness (QED) is 0.857. The molecule has 2 aliphatic heterocycles. The van der Waals surface area contributed by atoms with E-state index in [1.54, 1.807) is 0 Å². The molecule has 1 saturated heterocycles. The van der Waals surface area contributed by atoms with Gasteiger partial charge in [0.2, 0.25) is 0 Å². The molecule has 18 heavy (non-hydrogen) atoms. The highest BCUT2D eigenvalue weighted by atomic mass is 35.5. The molecule has 1 unspecified atom stereocenters. The second-order valence-electron chi connectivity index (χ2n) is 5.27. The van der Waals surface area contributed by atoms with E-state index >= 15 is 0 Å². The number of fused-ring (bicyclic) bond motifs is 1. The summed E-state index contributed by atoms with van der Waals surface area (Å²) >= 11 is 6.17. The van der Waals surface area contributed by atoms with Crippen molar-refractivity contribution >= 4 is 17.3 Å². The van der Waals surface area contributed by atoms with Gasteiger partial charge in [0, 0.05) is 55.9 Å². The molecule has 1 aromatic carbocycles. The summed E-state index contributed by atoms with van der Waals surface area (Å²) in [4.78, 5) is 2.56. The minimum Gasteiger partial charge on any atom is -0.384 e. The minimum atomic E-state index is 0.606. The lowest BCUT2D eigenvalue weighted by atomic mass is 9.98. The van der Waals surface area contributed by atoms with E-state index < -0.39 is 0 Å². The molecule has 0 saturated carbocycles. The van der Waals surface area contributed by atoms with E-state index in [9.17, 15) is 0 Å². The molecule has 0 aliphatic carbocycles. The lowest BCUT2D eigenvalue weighted by Crippen LogP contribution is -2.45. The Balaban J connectivity index is 1.76. The summed E-state index contributed by atoms with van der Waals surface area (Å²) in [6.07, 6.45) is 0. The van der Waals surface area contributed by atoms with E-state index in [1.807, 2.05) is 6.07 Å². The van der Waals surface area contributed by atoms with Gasteiger partial charge in [-0.1, -0.05) is 17.7 Å². The first kappa shape index (κ1) is 12.3. The van der Waals surface area contributed by atoms with Crippen LogP contribution in [0, 0.1) is 6.92 Å². The zero-order valence-electron chi connectivity index (χ0n) is 10.8. The van der Waals surface area contributed by atoms with Crippen LogP contribution in [0.4, 0.5) is 5.69 Å². The third-order valence-electron chi connectivity index (χ3n) is 4.08. The number of nitrogens with zero attached hydrogens (tertiary/aromatic N) is 1. The van der Waals surface area contributed by atoms with Gasteiger partial charge >= 0.3 is 0 Å². The average Bonchev–Trinajstić information content (AvgIpc) is 2.79. The number of hydrogen-bond acceptors (Lipinski definition) is 3. The molecule has 0 radical (unpaired) electrons. The molecule has 2 aliphatic rings. The molecule has 1 fully saturated rings. The van der Waals surface area contributed by atoms with Gasteiger partial charge in [-0.25, -0.2) is 0 Å². The lowest BCUT2D eigenvalue weighted by Gasteiger charge is -2.29. The molecule has 3 nitrogen and oxygen atoms in total. The van der Waals surface area contributed by atoms with E-state index in [4.69, 9.17) is 11.6 Å². The van der Waals surface area contributed by atoms with Crippen molar-refractivity contribution in [1.82, 2.24) is 10.2 Å². The van der Waals surface area contributed by atoms with Crippen molar-refractivity contribution < 1.29 is 0 Å². The highest BCUT2D eigenvalue weighted by Crippen LogP contribution is 2.37. The summed E-state index contributed by atoms with van der Waals surface area (Å²) in [5, 5.41) is 7.79. The van der Waals surface area contributed by atoms with Gasteiger partial charge in [0.1, 0.15) is 0 Å². The zero-order valence-corrected chi connectivity index (χ0v) is 11.6. The normalized spacial score (nSPS) is 23.8. The van der Waals surface area contributed by atoms with Crippen LogP contribution in [0.5, 0.6) is 0 Å². The second-order valence-corrected chi connectivity index (χ2v) is 5.67. The van der Waals surface area contributed by atoms with Crippen molar-refractivity contribution in [3.8, 4) is 0 Å². The first-order chi connectivity index (χ1) is 8.75. The van der Waals surface area contributed by atoms with Crippen LogP contribution in [0.3, 0.4) is 0 Å². The molecule has 1 aromatic rings.